The molecule has 0 aromatic heterocycles. The first-order valence-corrected chi connectivity index (χ1v) is 8.74. The van der Waals surface area contributed by atoms with Crippen molar-refractivity contribution < 1.29 is 0 Å². The van der Waals surface area contributed by atoms with Crippen molar-refractivity contribution in [3.63, 3.8) is 0 Å². The molecule has 0 aromatic rings. The van der Waals surface area contributed by atoms with Crippen LogP contribution in [-0.2, 0) is 0 Å². The number of hydrogen-bond acceptors (Lipinski definition) is 4. The molecule has 4 nitrogen and oxygen atoms in total. The SMILES string of the molecule is CC(NCC(C)(C)N1CCN(C)CC1)C1CCCN(C)C1. The van der Waals surface area contributed by atoms with Crippen molar-refractivity contribution >= 4 is 0 Å². The molecule has 1 N–H and O–H groups in total. The molecule has 0 aromatic carbocycles. The van der Waals surface area contributed by atoms with Crippen LogP contribution in [0.1, 0.15) is 33.6 Å². The number of likely N-dealkylation sites (tertiary alicyclic amines) is 1. The molecule has 2 atom stereocenters. The van der Waals surface area contributed by atoms with Crippen LogP contribution < -0.4 is 5.32 Å². The van der Waals surface area contributed by atoms with Gasteiger partial charge in [0, 0.05) is 50.8 Å². The van der Waals surface area contributed by atoms with Crippen molar-refractivity contribution in [2.24, 2.45) is 5.92 Å². The highest BCUT2D eigenvalue weighted by molar-refractivity contribution is 4.89. The van der Waals surface area contributed by atoms with Crippen LogP contribution >= 0.6 is 0 Å². The molecule has 0 radical (unpaired) electrons. The van der Waals surface area contributed by atoms with Gasteiger partial charge in [0.25, 0.3) is 0 Å². The third-order valence-electron chi connectivity index (χ3n) is 5.58. The summed E-state index contributed by atoms with van der Waals surface area (Å²) in [5.41, 5.74) is 0.260. The first-order chi connectivity index (χ1) is 9.88. The van der Waals surface area contributed by atoms with Gasteiger partial charge in [-0.25, -0.2) is 0 Å². The van der Waals surface area contributed by atoms with E-state index in [1.165, 1.54) is 52.1 Å². The number of nitrogens with zero attached hydrogens (tertiary/aromatic N) is 3. The number of hydrogen-bond donors (Lipinski definition) is 1. The molecular weight excluding hydrogens is 260 g/mol. The van der Waals surface area contributed by atoms with E-state index in [0.29, 0.717) is 6.04 Å². The Labute approximate surface area is 131 Å². The average Bonchev–Trinajstić information content (AvgIpc) is 2.45. The molecular formula is C17H36N4. The molecule has 0 aliphatic carbocycles. The van der Waals surface area contributed by atoms with E-state index in [4.69, 9.17) is 0 Å². The molecule has 2 saturated heterocycles. The second kappa shape index (κ2) is 7.40. The number of piperazine rings is 1. The Morgan fingerprint density at radius 2 is 1.71 bits per heavy atom. The van der Waals surface area contributed by atoms with Gasteiger partial charge in [0.1, 0.15) is 0 Å². The quantitative estimate of drug-likeness (QED) is 0.826. The Kier molecular flexibility index (Phi) is 6.06. The van der Waals surface area contributed by atoms with Crippen molar-refractivity contribution in [3.8, 4) is 0 Å². The maximum Gasteiger partial charge on any atom is 0.0278 e. The summed E-state index contributed by atoms with van der Waals surface area (Å²) in [6.45, 7) is 15.6. The van der Waals surface area contributed by atoms with Crippen molar-refractivity contribution in [2.45, 2.75) is 45.2 Å². The van der Waals surface area contributed by atoms with Gasteiger partial charge >= 0.3 is 0 Å². The maximum atomic E-state index is 3.84. The zero-order chi connectivity index (χ0) is 15.5. The molecule has 2 aliphatic heterocycles. The van der Waals surface area contributed by atoms with Gasteiger partial charge in [-0.1, -0.05) is 0 Å². The molecule has 0 amide bonds. The predicted octanol–water partition coefficient (Wildman–Crippen LogP) is 1.33. The third kappa shape index (κ3) is 4.92. The monoisotopic (exact) mass is 296 g/mol. The Bertz CT molecular complexity index is 310. The van der Waals surface area contributed by atoms with Crippen LogP contribution in [0.2, 0.25) is 0 Å². The van der Waals surface area contributed by atoms with Crippen LogP contribution in [-0.4, -0.2) is 86.2 Å². The van der Waals surface area contributed by atoms with E-state index >= 15 is 0 Å². The minimum atomic E-state index is 0.260. The summed E-state index contributed by atoms with van der Waals surface area (Å²) in [4.78, 5) is 7.57. The normalized spacial score (nSPS) is 28.7. The molecule has 124 valence electrons. The number of likely N-dealkylation sites (N-methyl/N-ethyl adjacent to an activating group) is 1. The van der Waals surface area contributed by atoms with Crippen LogP contribution in [0.4, 0.5) is 0 Å². The van der Waals surface area contributed by atoms with Crippen molar-refractivity contribution in [1.29, 1.82) is 0 Å². The molecule has 0 spiro atoms. The van der Waals surface area contributed by atoms with Gasteiger partial charge in [0.2, 0.25) is 0 Å². The summed E-state index contributed by atoms with van der Waals surface area (Å²) in [5, 5.41) is 3.84. The lowest BCUT2D eigenvalue weighted by Gasteiger charge is -2.44. The van der Waals surface area contributed by atoms with Crippen LogP contribution in [0.25, 0.3) is 0 Å². The lowest BCUT2D eigenvalue weighted by atomic mass is 9.91. The highest BCUT2D eigenvalue weighted by Crippen LogP contribution is 2.20. The predicted molar refractivity (Wildman–Crippen MR) is 90.8 cm³/mol. The van der Waals surface area contributed by atoms with Gasteiger partial charge in [-0.05, 0) is 60.2 Å². The largest absolute Gasteiger partial charge is 0.312 e. The van der Waals surface area contributed by atoms with E-state index in [0.717, 1.165) is 12.5 Å². The summed E-state index contributed by atoms with van der Waals surface area (Å²) in [6.07, 6.45) is 2.74. The summed E-state index contributed by atoms with van der Waals surface area (Å²) in [5.74, 6) is 0.812. The van der Waals surface area contributed by atoms with Gasteiger partial charge in [0.15, 0.2) is 0 Å². The Morgan fingerprint density at radius 3 is 2.33 bits per heavy atom. The molecule has 0 saturated carbocycles. The van der Waals surface area contributed by atoms with Gasteiger partial charge in [0.05, 0.1) is 0 Å². The third-order valence-corrected chi connectivity index (χ3v) is 5.58. The molecule has 2 unspecified atom stereocenters. The molecule has 2 heterocycles. The van der Waals surface area contributed by atoms with E-state index in [-0.39, 0.29) is 5.54 Å². The fraction of sp³-hybridized carbons (Fsp3) is 1.00. The van der Waals surface area contributed by atoms with E-state index in [9.17, 15) is 0 Å². The van der Waals surface area contributed by atoms with Gasteiger partial charge in [-0.3, -0.25) is 4.90 Å². The fourth-order valence-corrected chi connectivity index (χ4v) is 3.72. The first kappa shape index (κ1) is 17.2. The lowest BCUT2D eigenvalue weighted by Crippen LogP contribution is -2.58. The fourth-order valence-electron chi connectivity index (χ4n) is 3.72. The van der Waals surface area contributed by atoms with Gasteiger partial charge in [-0.2, -0.15) is 0 Å². The van der Waals surface area contributed by atoms with E-state index in [2.05, 4.69) is 54.9 Å². The van der Waals surface area contributed by atoms with Crippen LogP contribution in [0.3, 0.4) is 0 Å². The number of piperidine rings is 1. The van der Waals surface area contributed by atoms with E-state index in [1.807, 2.05) is 0 Å². The molecule has 21 heavy (non-hydrogen) atoms. The second-order valence-corrected chi connectivity index (χ2v) is 7.94. The molecule has 2 rings (SSSR count). The average molecular weight is 297 g/mol. The number of rotatable bonds is 5. The smallest absolute Gasteiger partial charge is 0.0278 e. The summed E-state index contributed by atoms with van der Waals surface area (Å²) in [6, 6.07) is 0.625. The van der Waals surface area contributed by atoms with Crippen LogP contribution in [0.15, 0.2) is 0 Å². The molecule has 2 aliphatic rings. The summed E-state index contributed by atoms with van der Waals surface area (Å²) < 4.78 is 0. The number of nitrogens with one attached hydrogen (secondary N) is 1. The van der Waals surface area contributed by atoms with E-state index < -0.39 is 0 Å². The van der Waals surface area contributed by atoms with Gasteiger partial charge in [-0.15, -0.1) is 0 Å². The van der Waals surface area contributed by atoms with Crippen molar-refractivity contribution in [3.05, 3.63) is 0 Å². The topological polar surface area (TPSA) is 21.8 Å². The Morgan fingerprint density at radius 1 is 1.05 bits per heavy atom. The highest BCUT2D eigenvalue weighted by atomic mass is 15.3. The molecule has 4 heteroatoms. The van der Waals surface area contributed by atoms with Crippen LogP contribution in [0, 0.1) is 5.92 Å². The summed E-state index contributed by atoms with van der Waals surface area (Å²) >= 11 is 0. The lowest BCUT2D eigenvalue weighted by molar-refractivity contribution is 0.0574. The molecule has 2 fully saturated rings. The maximum absolute atomic E-state index is 3.84. The minimum absolute atomic E-state index is 0.260. The van der Waals surface area contributed by atoms with Crippen molar-refractivity contribution in [2.75, 3.05) is 59.9 Å². The zero-order valence-corrected chi connectivity index (χ0v) is 14.9. The standard InChI is InChI=1S/C17H36N4/c1-15(16-7-6-8-20(5)13-16)18-14-17(2,3)21-11-9-19(4)10-12-21/h15-16,18H,6-14H2,1-5H3. The van der Waals surface area contributed by atoms with Crippen molar-refractivity contribution in [1.82, 2.24) is 20.0 Å². The summed E-state index contributed by atoms with van der Waals surface area (Å²) in [7, 11) is 4.48. The van der Waals surface area contributed by atoms with Crippen LogP contribution in [0.5, 0.6) is 0 Å². The van der Waals surface area contributed by atoms with Gasteiger partial charge < -0.3 is 15.1 Å². The molecule has 0 bridgehead atoms. The second-order valence-electron chi connectivity index (χ2n) is 7.94. The minimum Gasteiger partial charge on any atom is -0.312 e. The Hall–Kier alpha value is -0.160. The zero-order valence-electron chi connectivity index (χ0n) is 14.9. The highest BCUT2D eigenvalue weighted by Gasteiger charge is 2.30. The first-order valence-electron chi connectivity index (χ1n) is 8.74. The Balaban J connectivity index is 1.77. The van der Waals surface area contributed by atoms with E-state index in [1.54, 1.807) is 0 Å².